The third-order valence-corrected chi connectivity index (χ3v) is 6.03. The molecule has 160 valence electrons. The molecule has 0 aliphatic carbocycles. The van der Waals surface area contributed by atoms with Crippen LogP contribution in [0.4, 0.5) is 5.69 Å². The Morgan fingerprint density at radius 3 is 1.93 bits per heavy atom. The van der Waals surface area contributed by atoms with Gasteiger partial charge in [0.2, 0.25) is 0 Å². The smallest absolute Gasteiger partial charge is 0.0667 e. The molecule has 3 aromatic rings. The minimum atomic E-state index is 0.569. The Balaban J connectivity index is 0.000000171. The molecular formula is C28H38N2. The van der Waals surface area contributed by atoms with Crippen LogP contribution in [0.3, 0.4) is 0 Å². The van der Waals surface area contributed by atoms with Crippen molar-refractivity contribution in [3.05, 3.63) is 64.8 Å². The Morgan fingerprint density at radius 2 is 1.33 bits per heavy atom. The van der Waals surface area contributed by atoms with Crippen molar-refractivity contribution in [3.63, 3.8) is 0 Å². The van der Waals surface area contributed by atoms with Gasteiger partial charge in [0.15, 0.2) is 0 Å². The van der Waals surface area contributed by atoms with Crippen molar-refractivity contribution in [1.29, 1.82) is 0 Å². The van der Waals surface area contributed by atoms with E-state index in [1.54, 1.807) is 0 Å². The standard InChI is InChI=1S/2C14H19N/c2*1-9(2)11-5-6-12-8-13(10(3)4)15-14(12)7-11/h5-7,9-10H,8H2,1-4H3;5-10,15H,1-4H3. The van der Waals surface area contributed by atoms with Crippen molar-refractivity contribution in [3.8, 4) is 0 Å². The zero-order valence-electron chi connectivity index (χ0n) is 20.0. The maximum atomic E-state index is 4.71. The van der Waals surface area contributed by atoms with Gasteiger partial charge in [0.25, 0.3) is 0 Å². The Kier molecular flexibility index (Phi) is 6.85. The minimum absolute atomic E-state index is 0.569. The topological polar surface area (TPSA) is 28.1 Å². The van der Waals surface area contributed by atoms with E-state index < -0.39 is 0 Å². The van der Waals surface area contributed by atoms with Crippen molar-refractivity contribution in [1.82, 2.24) is 4.98 Å². The fourth-order valence-corrected chi connectivity index (χ4v) is 3.75. The van der Waals surface area contributed by atoms with E-state index in [1.807, 2.05) is 0 Å². The van der Waals surface area contributed by atoms with E-state index >= 15 is 0 Å². The molecule has 30 heavy (non-hydrogen) atoms. The number of aliphatic imine (C=N–C) groups is 1. The Morgan fingerprint density at radius 1 is 0.700 bits per heavy atom. The first-order valence-electron chi connectivity index (χ1n) is 11.5. The summed E-state index contributed by atoms with van der Waals surface area (Å²) in [6.07, 6.45) is 1.05. The van der Waals surface area contributed by atoms with Crippen LogP contribution < -0.4 is 0 Å². The quantitative estimate of drug-likeness (QED) is 0.453. The fourth-order valence-electron chi connectivity index (χ4n) is 3.75. The molecule has 0 unspecified atom stereocenters. The minimum Gasteiger partial charge on any atom is -0.358 e. The number of nitrogens with one attached hydrogen (secondary N) is 1. The van der Waals surface area contributed by atoms with Gasteiger partial charge in [-0.25, -0.2) is 0 Å². The number of hydrogen-bond acceptors (Lipinski definition) is 1. The second-order valence-corrected chi connectivity index (χ2v) is 9.86. The molecule has 1 aliphatic heterocycles. The number of aromatic nitrogens is 1. The lowest BCUT2D eigenvalue weighted by Crippen LogP contribution is -2.06. The van der Waals surface area contributed by atoms with Crippen molar-refractivity contribution in [2.24, 2.45) is 10.9 Å². The molecule has 0 amide bonds. The molecule has 2 aromatic carbocycles. The van der Waals surface area contributed by atoms with Crippen molar-refractivity contribution < 1.29 is 0 Å². The van der Waals surface area contributed by atoms with Crippen LogP contribution in [0.25, 0.3) is 10.9 Å². The number of fused-ring (bicyclic) bond motifs is 2. The van der Waals surface area contributed by atoms with Gasteiger partial charge >= 0.3 is 0 Å². The summed E-state index contributed by atoms with van der Waals surface area (Å²) in [5.41, 5.74) is 9.30. The molecule has 0 radical (unpaired) electrons. The average Bonchev–Trinajstić information content (AvgIpc) is 3.31. The predicted octanol–water partition coefficient (Wildman–Crippen LogP) is 8.51. The van der Waals surface area contributed by atoms with Gasteiger partial charge in [-0.3, -0.25) is 4.99 Å². The highest BCUT2D eigenvalue weighted by Crippen LogP contribution is 2.31. The highest BCUT2D eigenvalue weighted by atomic mass is 14.8. The molecule has 2 nitrogen and oxygen atoms in total. The number of nitrogens with zero attached hydrogens (tertiary/aromatic N) is 1. The molecule has 1 aromatic heterocycles. The fraction of sp³-hybridized carbons (Fsp3) is 0.464. The van der Waals surface area contributed by atoms with Crippen molar-refractivity contribution in [2.75, 3.05) is 0 Å². The van der Waals surface area contributed by atoms with Gasteiger partial charge in [-0.15, -0.1) is 0 Å². The number of aromatic amines is 1. The van der Waals surface area contributed by atoms with Crippen molar-refractivity contribution >= 4 is 22.3 Å². The maximum Gasteiger partial charge on any atom is 0.0667 e. The number of benzene rings is 2. The van der Waals surface area contributed by atoms with E-state index in [9.17, 15) is 0 Å². The van der Waals surface area contributed by atoms with Gasteiger partial charge in [0, 0.05) is 23.3 Å². The molecule has 0 saturated heterocycles. The second-order valence-electron chi connectivity index (χ2n) is 9.86. The Labute approximate surface area is 182 Å². The van der Waals surface area contributed by atoms with Gasteiger partial charge in [-0.05, 0) is 63.9 Å². The number of rotatable bonds is 4. The predicted molar refractivity (Wildman–Crippen MR) is 133 cm³/mol. The lowest BCUT2D eigenvalue weighted by Gasteiger charge is -2.06. The average molecular weight is 403 g/mol. The van der Waals surface area contributed by atoms with E-state index in [0.717, 1.165) is 6.42 Å². The molecule has 0 fully saturated rings. The molecule has 0 saturated carbocycles. The lowest BCUT2D eigenvalue weighted by atomic mass is 9.98. The summed E-state index contributed by atoms with van der Waals surface area (Å²) in [4.78, 5) is 8.20. The summed E-state index contributed by atoms with van der Waals surface area (Å²) in [7, 11) is 0. The Bertz CT molecular complexity index is 1030. The first-order chi connectivity index (χ1) is 14.2. The zero-order chi connectivity index (χ0) is 22.0. The summed E-state index contributed by atoms with van der Waals surface area (Å²) in [6, 6.07) is 15.7. The monoisotopic (exact) mass is 402 g/mol. The van der Waals surface area contributed by atoms with Gasteiger partial charge in [0.1, 0.15) is 0 Å². The summed E-state index contributed by atoms with van der Waals surface area (Å²) >= 11 is 0. The SMILES string of the molecule is CC(C)C1=Nc2cc(C(C)C)ccc2C1.CC(C)c1ccc2cc(C(C)C)[nH]c2c1. The summed E-state index contributed by atoms with van der Waals surface area (Å²) in [5, 5.41) is 1.32. The van der Waals surface area contributed by atoms with E-state index in [0.29, 0.717) is 23.7 Å². The zero-order valence-corrected chi connectivity index (χ0v) is 20.0. The largest absolute Gasteiger partial charge is 0.358 e. The summed E-state index contributed by atoms with van der Waals surface area (Å²) < 4.78 is 0. The first kappa shape index (κ1) is 22.3. The number of hydrogen-bond donors (Lipinski definition) is 1. The lowest BCUT2D eigenvalue weighted by molar-refractivity contribution is 0.836. The van der Waals surface area contributed by atoms with E-state index in [-0.39, 0.29) is 0 Å². The highest BCUT2D eigenvalue weighted by Gasteiger charge is 2.17. The van der Waals surface area contributed by atoms with Gasteiger partial charge in [-0.2, -0.15) is 0 Å². The molecule has 0 spiro atoms. The van der Waals surface area contributed by atoms with Crippen LogP contribution in [-0.2, 0) is 6.42 Å². The maximum absolute atomic E-state index is 4.71. The van der Waals surface area contributed by atoms with Gasteiger partial charge < -0.3 is 4.98 Å². The molecule has 0 bridgehead atoms. The third kappa shape index (κ3) is 5.03. The molecule has 1 N–H and O–H groups in total. The number of H-pyrrole nitrogens is 1. The van der Waals surface area contributed by atoms with Crippen LogP contribution >= 0.6 is 0 Å². The summed E-state index contributed by atoms with van der Waals surface area (Å²) in [6.45, 7) is 17.8. The van der Waals surface area contributed by atoms with Crippen LogP contribution in [-0.4, -0.2) is 10.7 Å². The van der Waals surface area contributed by atoms with Crippen molar-refractivity contribution in [2.45, 2.75) is 79.6 Å². The van der Waals surface area contributed by atoms with E-state index in [2.05, 4.69) is 103 Å². The van der Waals surface area contributed by atoms with Crippen LogP contribution in [0.15, 0.2) is 47.5 Å². The van der Waals surface area contributed by atoms with E-state index in [1.165, 1.54) is 44.7 Å². The second kappa shape index (κ2) is 9.20. The molecule has 0 atom stereocenters. The van der Waals surface area contributed by atoms with E-state index in [4.69, 9.17) is 4.99 Å². The molecular weight excluding hydrogens is 364 g/mol. The van der Waals surface area contributed by atoms with Gasteiger partial charge in [0.05, 0.1) is 5.69 Å². The Hall–Kier alpha value is -2.35. The van der Waals surface area contributed by atoms with Crippen LogP contribution in [0.1, 0.15) is 95.5 Å². The first-order valence-corrected chi connectivity index (χ1v) is 11.5. The molecule has 2 heterocycles. The molecule has 2 heteroatoms. The molecule has 1 aliphatic rings. The third-order valence-electron chi connectivity index (χ3n) is 6.03. The normalized spacial score (nSPS) is 13.3. The molecule has 4 rings (SSSR count). The van der Waals surface area contributed by atoms with Crippen LogP contribution in [0.5, 0.6) is 0 Å². The van der Waals surface area contributed by atoms with Gasteiger partial charge in [-0.1, -0.05) is 79.7 Å². The van der Waals surface area contributed by atoms with Crippen LogP contribution in [0, 0.1) is 5.92 Å². The highest BCUT2D eigenvalue weighted by molar-refractivity contribution is 5.95. The summed E-state index contributed by atoms with van der Waals surface area (Å²) in [5.74, 6) is 2.33. The van der Waals surface area contributed by atoms with Crippen LogP contribution in [0.2, 0.25) is 0 Å².